The van der Waals surface area contributed by atoms with Crippen LogP contribution >= 0.6 is 0 Å². The van der Waals surface area contributed by atoms with Gasteiger partial charge in [-0.2, -0.15) is 0 Å². The summed E-state index contributed by atoms with van der Waals surface area (Å²) in [4.78, 5) is 24.1. The molecule has 19 heavy (non-hydrogen) atoms. The Hall–Kier alpha value is -1.71. The van der Waals surface area contributed by atoms with E-state index in [1.165, 1.54) is 13.0 Å². The number of likely N-dealkylation sites (N-methyl/N-ethyl adjacent to an activating group) is 1. The summed E-state index contributed by atoms with van der Waals surface area (Å²) in [5.41, 5.74) is 1.62. The smallest absolute Gasteiger partial charge is 0.222 e. The molecule has 104 valence electrons. The zero-order chi connectivity index (χ0) is 14.4. The minimum absolute atomic E-state index is 0.0240. The van der Waals surface area contributed by atoms with E-state index in [0.717, 1.165) is 5.56 Å². The lowest BCUT2D eigenvalue weighted by Crippen LogP contribution is -2.29. The van der Waals surface area contributed by atoms with Crippen LogP contribution in [0.3, 0.4) is 0 Å². The van der Waals surface area contributed by atoms with Crippen molar-refractivity contribution in [3.8, 4) is 0 Å². The quantitative estimate of drug-likeness (QED) is 0.792. The zero-order valence-corrected chi connectivity index (χ0v) is 11.7. The molecule has 3 nitrogen and oxygen atoms in total. The van der Waals surface area contributed by atoms with Gasteiger partial charge in [-0.3, -0.25) is 4.79 Å². The molecule has 0 aromatic heterocycles. The molecule has 0 heterocycles. The van der Waals surface area contributed by atoms with Crippen molar-refractivity contribution in [1.82, 2.24) is 4.90 Å². The molecule has 0 aliphatic carbocycles. The van der Waals surface area contributed by atoms with Gasteiger partial charge in [0.25, 0.3) is 0 Å². The molecule has 0 spiro atoms. The average molecular weight is 265 g/mol. The fourth-order valence-electron chi connectivity index (χ4n) is 1.76. The van der Waals surface area contributed by atoms with E-state index in [1.807, 2.05) is 0 Å². The SMILES string of the molecule is CC(=O)CCC(=O)N(C)CCc1ccc(F)c(C)c1. The lowest BCUT2D eigenvalue weighted by molar-refractivity contribution is -0.131. The molecule has 0 aliphatic rings. The van der Waals surface area contributed by atoms with Gasteiger partial charge in [0, 0.05) is 26.4 Å². The van der Waals surface area contributed by atoms with Gasteiger partial charge < -0.3 is 9.69 Å². The number of hydrogen-bond donors (Lipinski definition) is 0. The first-order chi connectivity index (χ1) is 8.90. The van der Waals surface area contributed by atoms with Gasteiger partial charge in [-0.05, 0) is 37.5 Å². The summed E-state index contributed by atoms with van der Waals surface area (Å²) in [6.45, 7) is 3.77. The number of rotatable bonds is 6. The second-order valence-corrected chi connectivity index (χ2v) is 4.85. The van der Waals surface area contributed by atoms with Gasteiger partial charge in [-0.1, -0.05) is 12.1 Å². The number of benzene rings is 1. The Bertz CT molecular complexity index is 471. The van der Waals surface area contributed by atoms with Gasteiger partial charge in [0.2, 0.25) is 5.91 Å². The molecule has 0 bridgehead atoms. The highest BCUT2D eigenvalue weighted by Gasteiger charge is 2.09. The molecule has 0 aliphatic heterocycles. The van der Waals surface area contributed by atoms with Crippen LogP contribution in [-0.2, 0) is 16.0 Å². The summed E-state index contributed by atoms with van der Waals surface area (Å²) in [5, 5.41) is 0. The monoisotopic (exact) mass is 265 g/mol. The number of amides is 1. The Morgan fingerprint density at radius 2 is 1.95 bits per heavy atom. The highest BCUT2D eigenvalue weighted by Crippen LogP contribution is 2.10. The summed E-state index contributed by atoms with van der Waals surface area (Å²) in [7, 11) is 1.72. The number of Topliss-reactive ketones (excluding diaryl/α,β-unsaturated/α-hetero) is 1. The van der Waals surface area contributed by atoms with E-state index in [0.29, 0.717) is 24.9 Å². The van der Waals surface area contributed by atoms with Gasteiger partial charge >= 0.3 is 0 Å². The van der Waals surface area contributed by atoms with E-state index in [4.69, 9.17) is 0 Å². The molecule has 1 rings (SSSR count). The van der Waals surface area contributed by atoms with E-state index < -0.39 is 0 Å². The number of halogens is 1. The number of carbonyl (C=O) groups excluding carboxylic acids is 2. The van der Waals surface area contributed by atoms with E-state index in [9.17, 15) is 14.0 Å². The third kappa shape index (κ3) is 5.20. The Morgan fingerprint density at radius 1 is 1.26 bits per heavy atom. The maximum Gasteiger partial charge on any atom is 0.222 e. The minimum atomic E-state index is -0.213. The number of hydrogen-bond acceptors (Lipinski definition) is 2. The van der Waals surface area contributed by atoms with Crippen molar-refractivity contribution < 1.29 is 14.0 Å². The Labute approximate surface area is 113 Å². The van der Waals surface area contributed by atoms with Crippen LogP contribution in [0.25, 0.3) is 0 Å². The number of carbonyl (C=O) groups is 2. The Kier molecular flexibility index (Phi) is 5.67. The molecule has 0 N–H and O–H groups in total. The second-order valence-electron chi connectivity index (χ2n) is 4.85. The third-order valence-electron chi connectivity index (χ3n) is 3.07. The summed E-state index contributed by atoms with van der Waals surface area (Å²) in [6.07, 6.45) is 1.23. The van der Waals surface area contributed by atoms with Crippen molar-refractivity contribution in [3.05, 3.63) is 35.1 Å². The van der Waals surface area contributed by atoms with Crippen molar-refractivity contribution in [3.63, 3.8) is 0 Å². The minimum Gasteiger partial charge on any atom is -0.345 e. The maximum absolute atomic E-state index is 13.1. The van der Waals surface area contributed by atoms with Crippen LogP contribution in [0.2, 0.25) is 0 Å². The molecule has 4 heteroatoms. The van der Waals surface area contributed by atoms with E-state index in [2.05, 4.69) is 0 Å². The van der Waals surface area contributed by atoms with Crippen LogP contribution in [0.4, 0.5) is 4.39 Å². The largest absolute Gasteiger partial charge is 0.345 e. The molecular formula is C15H20FNO2. The van der Waals surface area contributed by atoms with Gasteiger partial charge in [0.05, 0.1) is 0 Å². The highest BCUT2D eigenvalue weighted by molar-refractivity contribution is 5.83. The van der Waals surface area contributed by atoms with Crippen LogP contribution in [0.15, 0.2) is 18.2 Å². The van der Waals surface area contributed by atoms with Gasteiger partial charge in [-0.15, -0.1) is 0 Å². The van der Waals surface area contributed by atoms with Gasteiger partial charge in [-0.25, -0.2) is 4.39 Å². The summed E-state index contributed by atoms with van der Waals surface area (Å²) in [5.74, 6) is -0.223. The van der Waals surface area contributed by atoms with Crippen molar-refractivity contribution >= 4 is 11.7 Å². The van der Waals surface area contributed by atoms with Crippen molar-refractivity contribution in [2.75, 3.05) is 13.6 Å². The van der Waals surface area contributed by atoms with Gasteiger partial charge in [0.15, 0.2) is 0 Å². The second kappa shape index (κ2) is 7.02. The van der Waals surface area contributed by atoms with Crippen molar-refractivity contribution in [1.29, 1.82) is 0 Å². The lowest BCUT2D eigenvalue weighted by Gasteiger charge is -2.17. The topological polar surface area (TPSA) is 37.4 Å². The lowest BCUT2D eigenvalue weighted by atomic mass is 10.1. The standard InChI is InChI=1S/C15H20FNO2/c1-11-10-13(5-6-14(11)16)8-9-17(3)15(19)7-4-12(2)18/h5-6,10H,4,7-9H2,1-3H3. The number of aryl methyl sites for hydroxylation is 1. The van der Waals surface area contributed by atoms with E-state index >= 15 is 0 Å². The average Bonchev–Trinajstić information content (AvgIpc) is 2.36. The molecule has 1 amide bonds. The van der Waals surface area contributed by atoms with Crippen molar-refractivity contribution in [2.45, 2.75) is 33.1 Å². The molecule has 0 fully saturated rings. The van der Waals surface area contributed by atoms with Crippen LogP contribution in [-0.4, -0.2) is 30.2 Å². The van der Waals surface area contributed by atoms with Crippen LogP contribution < -0.4 is 0 Å². The molecule has 0 radical (unpaired) electrons. The predicted molar refractivity (Wildman–Crippen MR) is 72.4 cm³/mol. The Morgan fingerprint density at radius 3 is 2.53 bits per heavy atom. The first-order valence-corrected chi connectivity index (χ1v) is 6.38. The number of ketones is 1. The molecule has 0 atom stereocenters. The summed E-state index contributed by atoms with van der Waals surface area (Å²) in [6, 6.07) is 4.97. The fourth-order valence-corrected chi connectivity index (χ4v) is 1.76. The third-order valence-corrected chi connectivity index (χ3v) is 3.07. The first-order valence-electron chi connectivity index (χ1n) is 6.38. The van der Waals surface area contributed by atoms with Crippen LogP contribution in [0.5, 0.6) is 0 Å². The molecule has 1 aromatic rings. The molecule has 0 saturated carbocycles. The zero-order valence-electron chi connectivity index (χ0n) is 11.7. The first kappa shape index (κ1) is 15.3. The fraction of sp³-hybridized carbons (Fsp3) is 0.467. The predicted octanol–water partition coefficient (Wildman–Crippen LogP) is 2.50. The van der Waals surface area contributed by atoms with E-state index in [-0.39, 0.29) is 23.9 Å². The van der Waals surface area contributed by atoms with Crippen molar-refractivity contribution in [2.24, 2.45) is 0 Å². The molecule has 0 saturated heterocycles. The van der Waals surface area contributed by atoms with Gasteiger partial charge in [0.1, 0.15) is 11.6 Å². The highest BCUT2D eigenvalue weighted by atomic mass is 19.1. The normalized spacial score (nSPS) is 10.3. The molecule has 0 unspecified atom stereocenters. The molecular weight excluding hydrogens is 245 g/mol. The summed E-state index contributed by atoms with van der Waals surface area (Å²) < 4.78 is 13.1. The number of nitrogens with zero attached hydrogens (tertiary/aromatic N) is 1. The maximum atomic E-state index is 13.1. The van der Waals surface area contributed by atoms with Crippen LogP contribution in [0, 0.1) is 12.7 Å². The summed E-state index contributed by atoms with van der Waals surface area (Å²) >= 11 is 0. The Balaban J connectivity index is 2.44. The molecule has 1 aromatic carbocycles. The van der Waals surface area contributed by atoms with Crippen LogP contribution in [0.1, 0.15) is 30.9 Å². The van der Waals surface area contributed by atoms with E-state index in [1.54, 1.807) is 31.0 Å².